The SMILES string of the molecule is CCCCCCCCCCCCCCCCCC[C@H](CCO)N=C(NC(=O)OC(C)(C)C)NC(=O)OC(C)(C)C. The minimum atomic E-state index is -0.715. The Morgan fingerprint density at radius 2 is 0.975 bits per heavy atom. The molecule has 0 aromatic heterocycles. The third-order valence-electron chi connectivity index (χ3n) is 6.40. The number of hydrogen-bond donors (Lipinski definition) is 3. The molecule has 8 nitrogen and oxygen atoms in total. The van der Waals surface area contributed by atoms with Gasteiger partial charge in [-0.15, -0.1) is 0 Å². The summed E-state index contributed by atoms with van der Waals surface area (Å²) in [5, 5.41) is 14.6. The fraction of sp³-hybridized carbons (Fsp3) is 0.906. The van der Waals surface area contributed by atoms with Crippen LogP contribution in [0.15, 0.2) is 4.99 Å². The molecule has 0 heterocycles. The summed E-state index contributed by atoms with van der Waals surface area (Å²) in [7, 11) is 0. The number of nitrogens with one attached hydrogen (secondary N) is 2. The lowest BCUT2D eigenvalue weighted by Gasteiger charge is -2.23. The molecule has 0 aliphatic rings. The summed E-state index contributed by atoms with van der Waals surface area (Å²) in [6.07, 6.45) is 20.7. The van der Waals surface area contributed by atoms with Crippen molar-refractivity contribution in [1.29, 1.82) is 0 Å². The van der Waals surface area contributed by atoms with Gasteiger partial charge >= 0.3 is 12.2 Å². The molecule has 2 amide bonds. The van der Waals surface area contributed by atoms with Gasteiger partial charge in [-0.05, 0) is 54.4 Å². The molecule has 0 aliphatic carbocycles. The summed E-state index contributed by atoms with van der Waals surface area (Å²) in [5.74, 6) is -0.0292. The van der Waals surface area contributed by atoms with Crippen molar-refractivity contribution < 1.29 is 24.2 Å². The number of hydrogen-bond acceptors (Lipinski definition) is 6. The molecule has 0 saturated carbocycles. The fourth-order valence-electron chi connectivity index (χ4n) is 4.43. The molecule has 0 fully saturated rings. The van der Waals surface area contributed by atoms with Crippen LogP contribution in [0.25, 0.3) is 0 Å². The lowest BCUT2D eigenvalue weighted by atomic mass is 10.0. The molecule has 0 radical (unpaired) electrons. The van der Waals surface area contributed by atoms with Crippen molar-refractivity contribution in [2.45, 2.75) is 181 Å². The first-order valence-electron chi connectivity index (χ1n) is 16.0. The zero-order valence-corrected chi connectivity index (χ0v) is 27.0. The Morgan fingerprint density at radius 1 is 0.625 bits per heavy atom. The van der Waals surface area contributed by atoms with Crippen molar-refractivity contribution in [2.75, 3.05) is 6.61 Å². The first kappa shape index (κ1) is 38.2. The molecule has 40 heavy (non-hydrogen) atoms. The summed E-state index contributed by atoms with van der Waals surface area (Å²) in [5.41, 5.74) is -1.39. The van der Waals surface area contributed by atoms with Crippen molar-refractivity contribution in [1.82, 2.24) is 10.6 Å². The molecule has 0 spiro atoms. The number of aliphatic hydroxyl groups is 1. The van der Waals surface area contributed by atoms with E-state index >= 15 is 0 Å². The normalized spacial score (nSPS) is 12.5. The molecule has 0 saturated heterocycles. The molecular formula is C32H63N3O5. The zero-order chi connectivity index (χ0) is 30.3. The molecule has 0 unspecified atom stereocenters. The Morgan fingerprint density at radius 3 is 1.30 bits per heavy atom. The average molecular weight is 570 g/mol. The van der Waals surface area contributed by atoms with E-state index in [0.717, 1.165) is 19.3 Å². The highest BCUT2D eigenvalue weighted by Gasteiger charge is 2.22. The van der Waals surface area contributed by atoms with Gasteiger partial charge in [-0.1, -0.05) is 110 Å². The van der Waals surface area contributed by atoms with Crippen molar-refractivity contribution in [2.24, 2.45) is 4.99 Å². The van der Waals surface area contributed by atoms with E-state index in [9.17, 15) is 14.7 Å². The largest absolute Gasteiger partial charge is 0.444 e. The highest BCUT2D eigenvalue weighted by atomic mass is 16.6. The second kappa shape index (κ2) is 22.8. The van der Waals surface area contributed by atoms with E-state index in [-0.39, 0.29) is 18.6 Å². The van der Waals surface area contributed by atoms with Crippen LogP contribution in [-0.2, 0) is 9.47 Å². The summed E-state index contributed by atoms with van der Waals surface area (Å²) in [6, 6.07) is -0.239. The Labute approximate surface area is 245 Å². The van der Waals surface area contributed by atoms with Crippen LogP contribution < -0.4 is 10.6 Å². The average Bonchev–Trinajstić information content (AvgIpc) is 2.81. The third-order valence-corrected chi connectivity index (χ3v) is 6.40. The minimum Gasteiger partial charge on any atom is -0.444 e. The Hall–Kier alpha value is -1.83. The van der Waals surface area contributed by atoms with Gasteiger partial charge in [0.05, 0.1) is 6.04 Å². The second-order valence-electron chi connectivity index (χ2n) is 13.0. The molecule has 1 atom stereocenters. The first-order valence-corrected chi connectivity index (χ1v) is 16.0. The highest BCUT2D eigenvalue weighted by Crippen LogP contribution is 2.16. The van der Waals surface area contributed by atoms with E-state index in [1.807, 2.05) is 0 Å². The molecule has 0 aliphatic heterocycles. The maximum Gasteiger partial charge on any atom is 0.414 e. The van der Waals surface area contributed by atoms with Gasteiger partial charge in [-0.25, -0.2) is 14.6 Å². The van der Waals surface area contributed by atoms with Gasteiger partial charge < -0.3 is 14.6 Å². The molecule has 0 aromatic rings. The predicted octanol–water partition coefficient (Wildman–Crippen LogP) is 8.79. The molecule has 0 aromatic carbocycles. The molecule has 0 rings (SSSR count). The Bertz CT molecular complexity index is 651. The van der Waals surface area contributed by atoms with E-state index in [0.29, 0.717) is 6.42 Å². The number of amides is 2. The topological polar surface area (TPSA) is 109 Å². The summed E-state index contributed by atoms with van der Waals surface area (Å²) >= 11 is 0. The predicted molar refractivity (Wildman–Crippen MR) is 166 cm³/mol. The van der Waals surface area contributed by atoms with Gasteiger partial charge in [-0.3, -0.25) is 10.6 Å². The van der Waals surface area contributed by atoms with Crippen molar-refractivity contribution in [3.63, 3.8) is 0 Å². The van der Waals surface area contributed by atoms with E-state index in [4.69, 9.17) is 9.47 Å². The van der Waals surface area contributed by atoms with Crippen LogP contribution in [0.3, 0.4) is 0 Å². The number of nitrogens with zero attached hydrogens (tertiary/aromatic N) is 1. The second-order valence-corrected chi connectivity index (χ2v) is 13.0. The van der Waals surface area contributed by atoms with E-state index in [2.05, 4.69) is 22.5 Å². The number of aliphatic imine (C=N–C) groups is 1. The monoisotopic (exact) mass is 569 g/mol. The quantitative estimate of drug-likeness (QED) is 0.0771. The van der Waals surface area contributed by atoms with E-state index in [1.54, 1.807) is 41.5 Å². The van der Waals surface area contributed by atoms with Crippen LogP contribution in [0.5, 0.6) is 0 Å². The van der Waals surface area contributed by atoms with Gasteiger partial charge in [0.2, 0.25) is 5.96 Å². The van der Waals surface area contributed by atoms with Crippen molar-refractivity contribution >= 4 is 18.1 Å². The number of aliphatic hydroxyl groups excluding tert-OH is 1. The summed E-state index contributed by atoms with van der Waals surface area (Å²) in [4.78, 5) is 29.2. The number of carbonyl (C=O) groups excluding carboxylic acids is 2. The van der Waals surface area contributed by atoms with Crippen LogP contribution in [-0.4, -0.2) is 47.1 Å². The zero-order valence-electron chi connectivity index (χ0n) is 27.0. The number of guanidine groups is 1. The maximum atomic E-state index is 12.3. The molecular weight excluding hydrogens is 506 g/mol. The molecule has 3 N–H and O–H groups in total. The highest BCUT2D eigenvalue weighted by molar-refractivity contribution is 6.01. The number of ether oxygens (including phenoxy) is 2. The van der Waals surface area contributed by atoms with Crippen LogP contribution in [0.4, 0.5) is 9.59 Å². The Kier molecular flexibility index (Phi) is 21.8. The number of carbonyl (C=O) groups is 2. The lowest BCUT2D eigenvalue weighted by molar-refractivity contribution is 0.0544. The van der Waals surface area contributed by atoms with Crippen LogP contribution in [0, 0.1) is 0 Å². The summed E-state index contributed by atoms with van der Waals surface area (Å²) in [6.45, 7) is 12.8. The first-order chi connectivity index (χ1) is 18.9. The molecule has 236 valence electrons. The van der Waals surface area contributed by atoms with Gasteiger partial charge in [0.25, 0.3) is 0 Å². The minimum absolute atomic E-state index is 0.0286. The van der Waals surface area contributed by atoms with Gasteiger partial charge in [-0.2, -0.15) is 0 Å². The molecule has 8 heteroatoms. The van der Waals surface area contributed by atoms with Crippen molar-refractivity contribution in [3.8, 4) is 0 Å². The number of rotatable bonds is 20. The molecule has 0 bridgehead atoms. The Balaban J connectivity index is 4.42. The maximum absolute atomic E-state index is 12.3. The van der Waals surface area contributed by atoms with E-state index in [1.165, 1.54) is 89.9 Å². The van der Waals surface area contributed by atoms with E-state index < -0.39 is 23.4 Å². The summed E-state index contributed by atoms with van der Waals surface area (Å²) < 4.78 is 10.6. The van der Waals surface area contributed by atoms with Gasteiger partial charge in [0, 0.05) is 6.61 Å². The smallest absolute Gasteiger partial charge is 0.414 e. The van der Waals surface area contributed by atoms with Crippen LogP contribution >= 0.6 is 0 Å². The number of alkyl carbamates (subject to hydrolysis) is 2. The lowest BCUT2D eigenvalue weighted by Crippen LogP contribution is -2.47. The third kappa shape index (κ3) is 26.4. The number of unbranched alkanes of at least 4 members (excludes halogenated alkanes) is 15. The van der Waals surface area contributed by atoms with Crippen LogP contribution in [0.2, 0.25) is 0 Å². The van der Waals surface area contributed by atoms with Gasteiger partial charge in [0.15, 0.2) is 0 Å². The fourth-order valence-corrected chi connectivity index (χ4v) is 4.43. The standard InChI is InChI=1S/C32H63N3O5/c1-8-9-10-11-12-13-14-15-16-17-18-19-20-21-22-23-24-27(25-26-36)33-28(34-29(37)39-31(2,3)4)35-30(38)40-32(5,6)7/h27,36H,8-26H2,1-7H3,(H2,33,34,35,37,38)/t27-/m1/s1. The van der Waals surface area contributed by atoms with Gasteiger partial charge in [0.1, 0.15) is 11.2 Å². The van der Waals surface area contributed by atoms with Crippen molar-refractivity contribution in [3.05, 3.63) is 0 Å². The van der Waals surface area contributed by atoms with Crippen LogP contribution in [0.1, 0.15) is 164 Å².